The van der Waals surface area contributed by atoms with E-state index in [4.69, 9.17) is 23.4 Å². The Bertz CT molecular complexity index is 198. The van der Waals surface area contributed by atoms with Gasteiger partial charge in [-0.25, -0.2) is 4.31 Å². The zero-order valence-electron chi connectivity index (χ0n) is 6.43. The van der Waals surface area contributed by atoms with Crippen molar-refractivity contribution in [3.63, 3.8) is 0 Å². The van der Waals surface area contributed by atoms with Crippen LogP contribution < -0.4 is 44.2 Å². The zero-order chi connectivity index (χ0) is 10.5. The Hall–Kier alpha value is 0.1000. The zero-order valence-corrected chi connectivity index (χ0v) is 8.22. The molecule has 0 aliphatic rings. The second kappa shape index (κ2) is 5.10. The molecule has 0 saturated carbocycles. The summed E-state index contributed by atoms with van der Waals surface area (Å²) in [6.45, 7) is 0. The molecule has 0 amide bonds. The fraction of sp³-hybridized carbons (Fsp3) is 0. The van der Waals surface area contributed by atoms with E-state index in [1.165, 1.54) is 0 Å². The van der Waals surface area contributed by atoms with Crippen molar-refractivity contribution in [1.29, 1.82) is 0 Å². The van der Waals surface area contributed by atoms with E-state index in [2.05, 4.69) is 4.31 Å². The van der Waals surface area contributed by atoms with E-state index in [9.17, 15) is 9.13 Å². The van der Waals surface area contributed by atoms with Crippen molar-refractivity contribution in [3.8, 4) is 0 Å². The Morgan fingerprint density at radius 1 is 0.769 bits per heavy atom. The van der Waals surface area contributed by atoms with Gasteiger partial charge in [-0.05, 0) is 0 Å². The van der Waals surface area contributed by atoms with E-state index in [-0.39, 0.29) is 0 Å². The summed E-state index contributed by atoms with van der Waals surface area (Å²) < 4.78 is 26.8. The van der Waals surface area contributed by atoms with Crippen LogP contribution in [0.2, 0.25) is 0 Å². The van der Waals surface area contributed by atoms with Gasteiger partial charge >= 0.3 is 15.3 Å². The van der Waals surface area contributed by atoms with Crippen molar-refractivity contribution in [3.05, 3.63) is 0 Å². The largest absolute Gasteiger partial charge is 0.374 e. The van der Waals surface area contributed by atoms with E-state index in [0.717, 1.165) is 0 Å². The highest BCUT2D eigenvalue weighted by Gasteiger charge is 2.32. The molecule has 12 N–H and O–H groups in total. The first-order chi connectivity index (χ1) is 5.95. The third-order valence-electron chi connectivity index (χ3n) is 0.910. The van der Waals surface area contributed by atoms with Gasteiger partial charge in [-0.1, -0.05) is 0 Å². The average Bonchev–Trinajstić information content (AvgIpc) is 2.17. The molecule has 80 valence electrons. The Kier molecular flexibility index (Phi) is 5.14. The summed E-state index contributed by atoms with van der Waals surface area (Å²) in [7, 11) is -7.66. The Morgan fingerprint density at radius 2 is 1.00 bits per heavy atom. The van der Waals surface area contributed by atoms with Gasteiger partial charge in [0.1, 0.15) is 0 Å². The van der Waals surface area contributed by atoms with Gasteiger partial charge in [0, 0.05) is 0 Å². The first-order valence-corrected chi connectivity index (χ1v) is 6.03. The summed E-state index contributed by atoms with van der Waals surface area (Å²) in [4.78, 5) is 0. The van der Waals surface area contributed by atoms with Crippen LogP contribution in [0, 0.1) is 0 Å². The summed E-state index contributed by atoms with van der Waals surface area (Å²) in [5.41, 5.74) is 0. The molecule has 0 aliphatic carbocycles. The number of nitrogens with one attached hydrogen (secondary N) is 4. The Morgan fingerprint density at radius 3 is 1.15 bits per heavy atom. The minimum Gasteiger partial charge on any atom is -0.263 e. The first kappa shape index (κ1) is 13.1. The maximum Gasteiger partial charge on any atom is 0.374 e. The summed E-state index contributed by atoms with van der Waals surface area (Å²) in [6.07, 6.45) is 0. The monoisotopic (exact) mass is 234 g/mol. The maximum atomic E-state index is 11.2. The van der Waals surface area contributed by atoms with Crippen LogP contribution in [0.4, 0.5) is 0 Å². The topological polar surface area (TPSA) is 196 Å². The van der Waals surface area contributed by atoms with Crippen molar-refractivity contribution in [2.75, 3.05) is 0 Å². The summed E-state index contributed by atoms with van der Waals surface area (Å²) >= 11 is 0. The number of rotatable bonds is 6. The highest BCUT2D eigenvalue weighted by atomic mass is 31.3. The predicted molar refractivity (Wildman–Crippen MR) is 45.6 cm³/mol. The van der Waals surface area contributed by atoms with Crippen LogP contribution in [-0.2, 0) is 13.4 Å². The predicted octanol–water partition coefficient (Wildman–Crippen LogP) is -2.93. The van der Waals surface area contributed by atoms with Crippen molar-refractivity contribution >= 4 is 15.3 Å². The normalized spacial score (nSPS) is 13.2. The lowest BCUT2D eigenvalue weighted by Crippen LogP contribution is -2.38. The van der Waals surface area contributed by atoms with E-state index in [0.29, 0.717) is 0 Å². The van der Waals surface area contributed by atoms with Gasteiger partial charge in [0.2, 0.25) is 0 Å². The molecule has 0 fully saturated rings. The maximum absolute atomic E-state index is 11.2. The minimum atomic E-state index is -3.83. The smallest absolute Gasteiger partial charge is 0.263 e. The molecule has 0 saturated heterocycles. The molecule has 0 atom stereocenters. The molecule has 0 unspecified atom stereocenters. The number of nitrogens with two attached hydrogens (primary N) is 4. The standard InChI is InChI=1S/H12N8O3P2/c1-5-12(9,6-2)11-13(10,7-3)8-4/h1-4H2,(H2,5,6,9)(H2,7,8,10). The molecular formula is H12N8O3P2. The van der Waals surface area contributed by atoms with Gasteiger partial charge in [0.05, 0.1) is 0 Å². The summed E-state index contributed by atoms with van der Waals surface area (Å²) in [5, 5.41) is 6.75. The second-order valence-electron chi connectivity index (χ2n) is 1.70. The molecule has 0 bridgehead atoms. The third-order valence-corrected chi connectivity index (χ3v) is 4.11. The number of hydrogen-bond acceptors (Lipinski definition) is 7. The van der Waals surface area contributed by atoms with Gasteiger partial charge in [-0.3, -0.25) is 32.5 Å². The van der Waals surface area contributed by atoms with Crippen LogP contribution in [0.5, 0.6) is 0 Å². The minimum absolute atomic E-state index is 1.69. The van der Waals surface area contributed by atoms with Crippen molar-refractivity contribution in [1.82, 2.24) is 20.8 Å². The van der Waals surface area contributed by atoms with Crippen molar-refractivity contribution in [2.45, 2.75) is 0 Å². The van der Waals surface area contributed by atoms with Crippen molar-refractivity contribution in [2.24, 2.45) is 23.4 Å². The third kappa shape index (κ3) is 3.77. The number of hydrazine groups is 4. The van der Waals surface area contributed by atoms with Gasteiger partial charge in [-0.15, -0.1) is 0 Å². The molecule has 0 aromatic rings. The lowest BCUT2D eigenvalue weighted by Gasteiger charge is -2.20. The molecule has 0 spiro atoms. The summed E-state index contributed by atoms with van der Waals surface area (Å²) in [6, 6.07) is 0. The highest BCUT2D eigenvalue weighted by Crippen LogP contribution is 2.51. The highest BCUT2D eigenvalue weighted by molar-refractivity contribution is 7.67. The van der Waals surface area contributed by atoms with Gasteiger partial charge < -0.3 is 0 Å². The average molecular weight is 234 g/mol. The van der Waals surface area contributed by atoms with Crippen LogP contribution in [-0.4, -0.2) is 0 Å². The fourth-order valence-electron chi connectivity index (χ4n) is 0.331. The lowest BCUT2D eigenvalue weighted by atomic mass is 12.9. The quantitative estimate of drug-likeness (QED) is 0.133. The van der Waals surface area contributed by atoms with Crippen LogP contribution in [0.1, 0.15) is 0 Å². The second-order valence-corrected chi connectivity index (χ2v) is 5.59. The van der Waals surface area contributed by atoms with E-state index in [1.54, 1.807) is 20.8 Å². The van der Waals surface area contributed by atoms with Gasteiger partial charge in [0.25, 0.3) is 0 Å². The number of hydrogen-bond donors (Lipinski definition) is 8. The van der Waals surface area contributed by atoms with Crippen LogP contribution >= 0.6 is 15.3 Å². The van der Waals surface area contributed by atoms with Gasteiger partial charge in [0.15, 0.2) is 0 Å². The molecule has 0 aromatic heterocycles. The molecular weight excluding hydrogens is 222 g/mol. The summed E-state index contributed by atoms with van der Waals surface area (Å²) in [5.74, 6) is 19.2. The van der Waals surface area contributed by atoms with Crippen molar-refractivity contribution < 1.29 is 13.4 Å². The molecule has 0 heterocycles. The molecule has 0 aliphatic heterocycles. The molecule has 0 radical (unpaired) electrons. The van der Waals surface area contributed by atoms with Crippen LogP contribution in [0.15, 0.2) is 0 Å². The molecule has 0 aromatic carbocycles. The molecule has 13 heteroatoms. The molecule has 13 heavy (non-hydrogen) atoms. The van der Waals surface area contributed by atoms with Crippen LogP contribution in [0.3, 0.4) is 0 Å². The van der Waals surface area contributed by atoms with Gasteiger partial charge in [-0.2, -0.15) is 20.8 Å². The lowest BCUT2D eigenvalue weighted by molar-refractivity contribution is 0.420. The first-order valence-electron chi connectivity index (χ1n) is 2.78. The van der Waals surface area contributed by atoms with E-state index >= 15 is 0 Å². The Labute approximate surface area is 73.9 Å². The van der Waals surface area contributed by atoms with E-state index < -0.39 is 15.3 Å². The van der Waals surface area contributed by atoms with Crippen LogP contribution in [0.25, 0.3) is 0 Å². The fourth-order valence-corrected chi connectivity index (χ4v) is 2.53. The Balaban J connectivity index is 4.57. The van der Waals surface area contributed by atoms with E-state index in [1.807, 2.05) is 0 Å². The molecule has 11 nitrogen and oxygen atoms in total. The SMILES string of the molecule is NNP(=O)(NN)OP(=O)(NN)NN. The molecule has 0 rings (SSSR count).